The number of esters is 2. The Kier molecular flexibility index (Phi) is 78.2. The average molecular weight is 1450 g/mol. The fraction of sp³-hybridized carbons (Fsp3) is 0.594. The summed E-state index contributed by atoms with van der Waals surface area (Å²) in [6.07, 6.45) is 128. The number of carboxylic acid groups (broad SMARTS) is 1. The van der Waals surface area contributed by atoms with Crippen molar-refractivity contribution in [3.8, 4) is 0 Å². The van der Waals surface area contributed by atoms with Crippen LogP contribution < -0.4 is 5.11 Å². The number of carbonyl (C=O) groups is 3. The SMILES string of the molecule is CC/C=C\C/C=C\C/C=C\C/C=C\C/C=C\C/C=C\C/C=C\C/C=C\C/C=C\C/C=C\CCCCCCCCCCCCC(=O)OC(COC(=O)CCCCCCCCCCCCCCCC/C=C\C/C=C\C/C=C\C/C=C\C/C=C\C/C=C\C/C=C\C/C=C\CC)COC(OCC[N+](C)(C)C)C(=O)[O-]. The molecule has 0 aliphatic carbocycles. The van der Waals surface area contributed by atoms with Crippen LogP contribution in [0.4, 0.5) is 0 Å². The van der Waals surface area contributed by atoms with Gasteiger partial charge in [-0.15, -0.1) is 0 Å². The van der Waals surface area contributed by atoms with Gasteiger partial charge in [0, 0.05) is 12.8 Å². The summed E-state index contributed by atoms with van der Waals surface area (Å²) in [6.45, 7) is 4.51. The molecule has 590 valence electrons. The highest BCUT2D eigenvalue weighted by molar-refractivity contribution is 5.70. The van der Waals surface area contributed by atoms with Crippen molar-refractivity contribution in [1.82, 2.24) is 0 Å². The normalized spacial score (nSPS) is 13.8. The number of likely N-dealkylation sites (N-methyl/N-ethyl adjacent to an activating group) is 1. The molecule has 0 amide bonds. The second-order valence-corrected chi connectivity index (χ2v) is 28.3. The summed E-state index contributed by atoms with van der Waals surface area (Å²) in [5.41, 5.74) is 0. The molecule has 2 unspecified atom stereocenters. The highest BCUT2D eigenvalue weighted by Gasteiger charge is 2.22. The van der Waals surface area contributed by atoms with Crippen LogP contribution in [0.5, 0.6) is 0 Å². The Labute approximate surface area is 645 Å². The van der Waals surface area contributed by atoms with Gasteiger partial charge in [0.1, 0.15) is 13.2 Å². The lowest BCUT2D eigenvalue weighted by Gasteiger charge is -2.26. The summed E-state index contributed by atoms with van der Waals surface area (Å²) < 4.78 is 22.9. The number of allylic oxidation sites excluding steroid dienone is 36. The van der Waals surface area contributed by atoms with Crippen molar-refractivity contribution in [3.63, 3.8) is 0 Å². The van der Waals surface area contributed by atoms with Crippen molar-refractivity contribution in [1.29, 1.82) is 0 Å². The van der Waals surface area contributed by atoms with Crippen molar-refractivity contribution in [2.45, 2.75) is 322 Å². The van der Waals surface area contributed by atoms with E-state index in [4.69, 9.17) is 18.9 Å². The third kappa shape index (κ3) is 84.7. The summed E-state index contributed by atoms with van der Waals surface area (Å²) >= 11 is 0. The van der Waals surface area contributed by atoms with E-state index < -0.39 is 24.3 Å². The monoisotopic (exact) mass is 1450 g/mol. The van der Waals surface area contributed by atoms with Crippen molar-refractivity contribution in [2.75, 3.05) is 47.5 Å². The van der Waals surface area contributed by atoms with Crippen LogP contribution in [-0.4, -0.2) is 82.3 Å². The molecule has 0 saturated carbocycles. The molecule has 0 heterocycles. The molecule has 0 spiro atoms. The van der Waals surface area contributed by atoms with Gasteiger partial charge in [0.25, 0.3) is 0 Å². The van der Waals surface area contributed by atoms with Crippen LogP contribution in [0.1, 0.15) is 309 Å². The Hall–Kier alpha value is -6.39. The van der Waals surface area contributed by atoms with Gasteiger partial charge in [-0.1, -0.05) is 361 Å². The number of nitrogens with zero attached hydrogens (tertiary/aromatic N) is 1. The molecule has 0 aliphatic rings. The second-order valence-electron chi connectivity index (χ2n) is 28.3. The number of unbranched alkanes of at least 4 members (excludes halogenated alkanes) is 24. The number of hydrogen-bond donors (Lipinski definition) is 0. The number of hydrogen-bond acceptors (Lipinski definition) is 8. The van der Waals surface area contributed by atoms with E-state index in [0.717, 1.165) is 161 Å². The Morgan fingerprint density at radius 1 is 0.286 bits per heavy atom. The third-order valence-corrected chi connectivity index (χ3v) is 17.2. The standard InChI is InChI=1S/C96H153NO8/c1-6-8-10-12-14-16-18-20-22-24-26-28-30-32-34-36-38-40-42-44-46-47-49-51-53-55-57-59-61-63-65-67-69-71-73-75-77-79-81-83-85-87-94(99)105-92(91-104-96(95(100)101)102-89-88-97(3,4)5)90-103-93(98)86-84-82-80-78-76-74-72-70-68-66-64-62-60-58-56-54-52-50-48-45-43-41-39-37-35-33-31-29-27-25-23-21-19-17-15-13-11-9-7-2/h8-11,14-17,20-23,26-29,32-35,38-41,44-46,48-49,51-52,54-55,57,61,63,92,96H,6-7,12-13,18-19,24-25,30-31,36-37,42-43,47,50,53,56,58-60,62,64-91H2,1-5H3/b10-8-,11-9-,16-14-,17-15-,22-20-,23-21-,28-26-,29-27-,34-32-,35-33-,40-38-,41-39-,46-44-,48-45-,51-49-,54-52-,57-55-,63-61-. The fourth-order valence-electron chi connectivity index (χ4n) is 10.9. The first-order valence-electron chi connectivity index (χ1n) is 41.9. The third-order valence-electron chi connectivity index (χ3n) is 17.2. The summed E-state index contributed by atoms with van der Waals surface area (Å²) in [5.74, 6) is -2.30. The number of ether oxygens (including phenoxy) is 4. The minimum absolute atomic E-state index is 0.137. The quantitative estimate of drug-likeness (QED) is 0.0195. The van der Waals surface area contributed by atoms with E-state index >= 15 is 0 Å². The number of quaternary nitrogens is 1. The van der Waals surface area contributed by atoms with Crippen molar-refractivity contribution < 1.29 is 42.9 Å². The molecule has 0 radical (unpaired) electrons. The predicted molar refractivity (Wildman–Crippen MR) is 453 cm³/mol. The van der Waals surface area contributed by atoms with Gasteiger partial charge in [-0.05, 0) is 154 Å². The topological polar surface area (TPSA) is 111 Å². The maximum absolute atomic E-state index is 13.0. The molecule has 0 aliphatic heterocycles. The zero-order valence-corrected chi connectivity index (χ0v) is 67.5. The first kappa shape index (κ1) is 98.6. The average Bonchev–Trinajstić information content (AvgIpc) is 1.18. The molecule has 0 aromatic carbocycles. The maximum atomic E-state index is 13.0. The van der Waals surface area contributed by atoms with E-state index in [1.54, 1.807) is 0 Å². The van der Waals surface area contributed by atoms with E-state index in [-0.39, 0.29) is 38.6 Å². The van der Waals surface area contributed by atoms with E-state index in [0.29, 0.717) is 17.4 Å². The number of aliphatic carboxylic acids is 1. The van der Waals surface area contributed by atoms with Gasteiger partial charge in [0.15, 0.2) is 12.4 Å². The Bertz CT molecular complexity index is 2550. The van der Waals surface area contributed by atoms with E-state index in [1.165, 1.54) is 116 Å². The van der Waals surface area contributed by atoms with Crippen LogP contribution in [0.2, 0.25) is 0 Å². The fourth-order valence-corrected chi connectivity index (χ4v) is 10.9. The lowest BCUT2D eigenvalue weighted by atomic mass is 10.0. The van der Waals surface area contributed by atoms with Gasteiger partial charge in [-0.2, -0.15) is 0 Å². The van der Waals surface area contributed by atoms with Crippen LogP contribution >= 0.6 is 0 Å². The number of carbonyl (C=O) groups excluding carboxylic acids is 3. The summed E-state index contributed by atoms with van der Waals surface area (Å²) in [5, 5.41) is 11.9. The van der Waals surface area contributed by atoms with Crippen LogP contribution in [0, 0.1) is 0 Å². The van der Waals surface area contributed by atoms with Gasteiger partial charge in [-0.25, -0.2) is 0 Å². The summed E-state index contributed by atoms with van der Waals surface area (Å²) in [4.78, 5) is 37.7. The van der Waals surface area contributed by atoms with Crippen LogP contribution in [-0.2, 0) is 33.3 Å². The first-order valence-corrected chi connectivity index (χ1v) is 41.9. The van der Waals surface area contributed by atoms with Gasteiger partial charge >= 0.3 is 11.9 Å². The molecule has 2 atom stereocenters. The minimum Gasteiger partial charge on any atom is -0.545 e. The van der Waals surface area contributed by atoms with Gasteiger partial charge in [0.2, 0.25) is 0 Å². The Morgan fingerprint density at radius 3 is 0.762 bits per heavy atom. The van der Waals surface area contributed by atoms with Crippen LogP contribution in [0.15, 0.2) is 219 Å². The molecule has 0 saturated heterocycles. The minimum atomic E-state index is -1.64. The van der Waals surface area contributed by atoms with Crippen LogP contribution in [0.3, 0.4) is 0 Å². The van der Waals surface area contributed by atoms with Crippen molar-refractivity contribution in [2.24, 2.45) is 0 Å². The molecule has 0 bridgehead atoms. The molecule has 0 aromatic rings. The number of carboxylic acids is 1. The summed E-state index contributed by atoms with van der Waals surface area (Å²) in [7, 11) is 5.93. The highest BCUT2D eigenvalue weighted by atomic mass is 16.7. The second kappa shape index (κ2) is 83.3. The molecule has 0 rings (SSSR count). The Balaban J connectivity index is 4.11. The lowest BCUT2D eigenvalue weighted by molar-refractivity contribution is -0.870. The Morgan fingerprint density at radius 2 is 0.514 bits per heavy atom. The van der Waals surface area contributed by atoms with Gasteiger partial charge < -0.3 is 33.3 Å². The van der Waals surface area contributed by atoms with Crippen LogP contribution in [0.25, 0.3) is 0 Å². The lowest BCUT2D eigenvalue weighted by Crippen LogP contribution is -2.44. The van der Waals surface area contributed by atoms with Gasteiger partial charge in [-0.3, -0.25) is 9.59 Å². The molecule has 9 heteroatoms. The van der Waals surface area contributed by atoms with E-state index in [1.807, 2.05) is 21.1 Å². The van der Waals surface area contributed by atoms with Crippen molar-refractivity contribution in [3.05, 3.63) is 219 Å². The summed E-state index contributed by atoms with van der Waals surface area (Å²) in [6, 6.07) is 0. The van der Waals surface area contributed by atoms with Gasteiger partial charge in [0.05, 0.1) is 40.3 Å². The number of rotatable bonds is 75. The molecular formula is C96H153NO8. The first-order chi connectivity index (χ1) is 51.6. The smallest absolute Gasteiger partial charge is 0.306 e. The largest absolute Gasteiger partial charge is 0.545 e. The van der Waals surface area contributed by atoms with E-state index in [2.05, 4.69) is 233 Å². The zero-order chi connectivity index (χ0) is 76.0. The van der Waals surface area contributed by atoms with E-state index in [9.17, 15) is 19.5 Å². The highest BCUT2D eigenvalue weighted by Crippen LogP contribution is 2.17. The predicted octanol–water partition coefficient (Wildman–Crippen LogP) is 26.3. The zero-order valence-electron chi connectivity index (χ0n) is 67.5. The maximum Gasteiger partial charge on any atom is 0.306 e. The molecule has 0 aromatic heterocycles. The molecule has 9 nitrogen and oxygen atoms in total. The van der Waals surface area contributed by atoms with Crippen molar-refractivity contribution >= 4 is 17.9 Å². The molecule has 0 fully saturated rings. The molecular weight excluding hydrogens is 1300 g/mol. The molecule has 105 heavy (non-hydrogen) atoms. The molecule has 0 N–H and O–H groups in total.